The molecule has 3 aromatic rings. The third kappa shape index (κ3) is 3.52. The molecule has 35 heavy (non-hydrogen) atoms. The summed E-state index contributed by atoms with van der Waals surface area (Å²) in [5.74, 6) is 0.314. The molecule has 3 aliphatic heterocycles. The number of nitrogens with zero attached hydrogens (tertiary/aromatic N) is 5. The molecule has 6 rings (SSSR count). The van der Waals surface area contributed by atoms with Gasteiger partial charge in [-0.2, -0.15) is 0 Å². The highest BCUT2D eigenvalue weighted by atomic mass is 16.2. The maximum Gasteiger partial charge on any atom is 0.257 e. The summed E-state index contributed by atoms with van der Waals surface area (Å²) in [6.07, 6.45) is 1.13. The smallest absolute Gasteiger partial charge is 0.257 e. The standard InChI is InChI=1S/C28H33N5O2/c1-3-30-16-18-31(19-17-30)25(34)13-15-32-24-11-7-4-8-20(24)21-12-14-33-27(26(21)32)29(2)23-10-6-5-9-22(23)28(33)35/h4-11,27H,3,12-19H2,1-2H3/t27-/m1/s1. The highest BCUT2D eigenvalue weighted by Gasteiger charge is 2.42. The molecule has 1 saturated heterocycles. The first-order chi connectivity index (χ1) is 17.1. The summed E-state index contributed by atoms with van der Waals surface area (Å²) in [5.41, 5.74) is 5.35. The van der Waals surface area contributed by atoms with Crippen LogP contribution in [0.3, 0.4) is 0 Å². The van der Waals surface area contributed by atoms with Crippen LogP contribution in [-0.4, -0.2) is 77.4 Å². The molecule has 2 amide bonds. The molecule has 0 aliphatic carbocycles. The van der Waals surface area contributed by atoms with Crippen LogP contribution in [-0.2, 0) is 17.8 Å². The van der Waals surface area contributed by atoms with Gasteiger partial charge in [0.2, 0.25) is 5.91 Å². The molecule has 1 atom stereocenters. The van der Waals surface area contributed by atoms with Crippen molar-refractivity contribution >= 4 is 28.4 Å². The third-order valence-corrected chi connectivity index (χ3v) is 8.13. The third-order valence-electron chi connectivity index (χ3n) is 8.13. The highest BCUT2D eigenvalue weighted by Crippen LogP contribution is 2.44. The van der Waals surface area contributed by atoms with Gasteiger partial charge < -0.3 is 24.2 Å². The topological polar surface area (TPSA) is 52.0 Å². The Kier molecular flexibility index (Phi) is 5.52. The molecule has 7 heteroatoms. The van der Waals surface area contributed by atoms with Crippen LogP contribution in [0.5, 0.6) is 0 Å². The second-order valence-corrected chi connectivity index (χ2v) is 9.85. The number of benzene rings is 2. The lowest BCUT2D eigenvalue weighted by molar-refractivity contribution is -0.133. The fourth-order valence-corrected chi connectivity index (χ4v) is 6.23. The van der Waals surface area contributed by atoms with Crippen LogP contribution in [0.15, 0.2) is 48.5 Å². The van der Waals surface area contributed by atoms with E-state index in [0.717, 1.165) is 61.6 Å². The Hall–Kier alpha value is -3.32. The maximum absolute atomic E-state index is 13.5. The Morgan fingerprint density at radius 2 is 1.71 bits per heavy atom. The van der Waals surface area contributed by atoms with E-state index in [1.165, 1.54) is 10.9 Å². The molecular weight excluding hydrogens is 438 g/mol. The van der Waals surface area contributed by atoms with Crippen LogP contribution in [0.4, 0.5) is 5.69 Å². The van der Waals surface area contributed by atoms with Gasteiger partial charge in [0.25, 0.3) is 5.91 Å². The molecule has 0 bridgehead atoms. The number of amides is 2. The van der Waals surface area contributed by atoms with E-state index in [0.29, 0.717) is 19.5 Å². The van der Waals surface area contributed by atoms with Crippen LogP contribution >= 0.6 is 0 Å². The first-order valence-electron chi connectivity index (χ1n) is 12.8. The number of carbonyl (C=O) groups is 2. The number of hydrogen-bond acceptors (Lipinski definition) is 4. The molecule has 0 N–H and O–H groups in total. The molecule has 1 aromatic heterocycles. The van der Waals surface area contributed by atoms with Crippen LogP contribution in [0, 0.1) is 0 Å². The van der Waals surface area contributed by atoms with Gasteiger partial charge in [-0.25, -0.2) is 0 Å². The molecule has 182 valence electrons. The molecular formula is C28H33N5O2. The van der Waals surface area contributed by atoms with Crippen molar-refractivity contribution in [1.82, 2.24) is 19.3 Å². The average Bonchev–Trinajstić information content (AvgIpc) is 3.23. The summed E-state index contributed by atoms with van der Waals surface area (Å²) < 4.78 is 2.32. The van der Waals surface area contributed by atoms with E-state index in [2.05, 4.69) is 52.6 Å². The summed E-state index contributed by atoms with van der Waals surface area (Å²) >= 11 is 0. The average molecular weight is 472 g/mol. The lowest BCUT2D eigenvalue weighted by atomic mass is 9.96. The van der Waals surface area contributed by atoms with Crippen LogP contribution < -0.4 is 4.90 Å². The van der Waals surface area contributed by atoms with Gasteiger partial charge in [-0.05, 0) is 36.7 Å². The fourth-order valence-electron chi connectivity index (χ4n) is 6.23. The van der Waals surface area contributed by atoms with Crippen molar-refractivity contribution in [2.45, 2.75) is 32.5 Å². The zero-order valence-electron chi connectivity index (χ0n) is 20.6. The van der Waals surface area contributed by atoms with Gasteiger partial charge in [-0.1, -0.05) is 37.3 Å². The van der Waals surface area contributed by atoms with Gasteiger partial charge in [0, 0.05) is 63.6 Å². The number of carbonyl (C=O) groups excluding carboxylic acids is 2. The number of anilines is 1. The number of hydrogen-bond donors (Lipinski definition) is 0. The highest BCUT2D eigenvalue weighted by molar-refractivity contribution is 6.02. The minimum Gasteiger partial charge on any atom is -0.349 e. The minimum atomic E-state index is -0.170. The van der Waals surface area contributed by atoms with E-state index in [-0.39, 0.29) is 18.0 Å². The zero-order valence-corrected chi connectivity index (χ0v) is 20.6. The first kappa shape index (κ1) is 22.2. The molecule has 0 saturated carbocycles. The van der Waals surface area contributed by atoms with Gasteiger partial charge >= 0.3 is 0 Å². The number of aromatic nitrogens is 1. The molecule has 0 spiro atoms. The Bertz CT molecular complexity index is 1290. The van der Waals surface area contributed by atoms with Crippen LogP contribution in [0.2, 0.25) is 0 Å². The summed E-state index contributed by atoms with van der Waals surface area (Å²) in [5, 5.41) is 1.24. The van der Waals surface area contributed by atoms with Crippen molar-refractivity contribution in [3.05, 3.63) is 65.4 Å². The quantitative estimate of drug-likeness (QED) is 0.586. The Morgan fingerprint density at radius 3 is 2.51 bits per heavy atom. The molecule has 3 aliphatic rings. The Balaban J connectivity index is 1.36. The number of rotatable bonds is 4. The summed E-state index contributed by atoms with van der Waals surface area (Å²) in [4.78, 5) is 35.3. The van der Waals surface area contributed by atoms with Crippen molar-refractivity contribution in [3.8, 4) is 0 Å². The van der Waals surface area contributed by atoms with Crippen LogP contribution in [0.25, 0.3) is 10.9 Å². The van der Waals surface area contributed by atoms with E-state index in [4.69, 9.17) is 0 Å². The van der Waals surface area contributed by atoms with Gasteiger partial charge in [0.1, 0.15) is 6.17 Å². The Labute approximate surface area is 206 Å². The summed E-state index contributed by atoms with van der Waals surface area (Å²) in [6.45, 7) is 8.05. The second-order valence-electron chi connectivity index (χ2n) is 9.85. The van der Waals surface area contributed by atoms with Gasteiger partial charge in [-0.3, -0.25) is 9.59 Å². The summed E-state index contributed by atoms with van der Waals surface area (Å²) in [6, 6.07) is 16.4. The SMILES string of the molecule is CCN1CCN(C(=O)CCn2c3c(c4ccccc42)CCN2C(=O)c4ccccc4N(C)[C@@H]32)CC1. The van der Waals surface area contributed by atoms with Gasteiger partial charge in [0.15, 0.2) is 0 Å². The monoisotopic (exact) mass is 471 g/mol. The van der Waals surface area contributed by atoms with Crippen molar-refractivity contribution in [1.29, 1.82) is 0 Å². The molecule has 4 heterocycles. The van der Waals surface area contributed by atoms with Crippen molar-refractivity contribution in [3.63, 3.8) is 0 Å². The van der Waals surface area contributed by atoms with Crippen molar-refractivity contribution < 1.29 is 9.59 Å². The zero-order chi connectivity index (χ0) is 24.1. The lowest BCUT2D eigenvalue weighted by Crippen LogP contribution is -2.51. The minimum absolute atomic E-state index is 0.0935. The lowest BCUT2D eigenvalue weighted by Gasteiger charge is -2.46. The van der Waals surface area contributed by atoms with Crippen molar-refractivity contribution in [2.24, 2.45) is 0 Å². The van der Waals surface area contributed by atoms with E-state index in [1.807, 2.05) is 34.1 Å². The molecule has 2 aromatic carbocycles. The predicted octanol–water partition coefficient (Wildman–Crippen LogP) is 3.34. The number of para-hydroxylation sites is 2. The second kappa shape index (κ2) is 8.72. The van der Waals surface area contributed by atoms with Gasteiger partial charge in [0.05, 0.1) is 16.9 Å². The van der Waals surface area contributed by atoms with E-state index < -0.39 is 0 Å². The van der Waals surface area contributed by atoms with Gasteiger partial charge in [-0.15, -0.1) is 0 Å². The van der Waals surface area contributed by atoms with Crippen LogP contribution in [0.1, 0.15) is 41.1 Å². The number of aryl methyl sites for hydroxylation is 1. The first-order valence-corrected chi connectivity index (χ1v) is 12.8. The van der Waals surface area contributed by atoms with E-state index in [1.54, 1.807) is 0 Å². The number of piperazine rings is 1. The predicted molar refractivity (Wildman–Crippen MR) is 138 cm³/mol. The molecule has 1 fully saturated rings. The molecule has 0 unspecified atom stereocenters. The number of likely N-dealkylation sites (N-methyl/N-ethyl adjacent to an activating group) is 1. The molecule has 7 nitrogen and oxygen atoms in total. The normalized spacial score (nSPS) is 20.1. The largest absolute Gasteiger partial charge is 0.349 e. The maximum atomic E-state index is 13.5. The summed E-state index contributed by atoms with van der Waals surface area (Å²) in [7, 11) is 2.08. The Morgan fingerprint density at radius 1 is 0.971 bits per heavy atom. The van der Waals surface area contributed by atoms with E-state index in [9.17, 15) is 9.59 Å². The fraction of sp³-hybridized carbons (Fsp3) is 0.429. The molecule has 0 radical (unpaired) electrons. The van der Waals surface area contributed by atoms with Crippen molar-refractivity contribution in [2.75, 3.05) is 51.2 Å². The number of fused-ring (bicyclic) bond motifs is 6. The van der Waals surface area contributed by atoms with E-state index >= 15 is 0 Å².